The molecule has 0 bridgehead atoms. The number of thiocarbonyl (C=S) groups is 1. The van der Waals surface area contributed by atoms with Crippen molar-refractivity contribution in [3.05, 3.63) is 35.9 Å². The molecule has 0 spiro atoms. The second-order valence-corrected chi connectivity index (χ2v) is 6.15. The summed E-state index contributed by atoms with van der Waals surface area (Å²) in [7, 11) is 1.58. The standard InChI is InChI=1S/C15H21NO3S2/c1-5-18-14(20)21-11-13(12-9-7-6-8-10-12)16-19-15(2,3)17-4/h6-10H,5,11H2,1-4H3. The van der Waals surface area contributed by atoms with Gasteiger partial charge in [-0.1, -0.05) is 47.2 Å². The zero-order chi connectivity index (χ0) is 15.7. The lowest BCUT2D eigenvalue weighted by atomic mass is 10.1. The van der Waals surface area contributed by atoms with Gasteiger partial charge in [0.2, 0.25) is 10.2 Å². The van der Waals surface area contributed by atoms with Crippen LogP contribution in [-0.4, -0.2) is 35.4 Å². The lowest BCUT2D eigenvalue weighted by Gasteiger charge is -2.20. The Morgan fingerprint density at radius 1 is 1.29 bits per heavy atom. The van der Waals surface area contributed by atoms with E-state index in [4.69, 9.17) is 26.5 Å². The lowest BCUT2D eigenvalue weighted by molar-refractivity contribution is -0.197. The molecule has 4 nitrogen and oxygen atoms in total. The summed E-state index contributed by atoms with van der Waals surface area (Å²) in [5.41, 5.74) is 1.77. The number of rotatable bonds is 7. The summed E-state index contributed by atoms with van der Waals surface area (Å²) in [6.45, 7) is 6.08. The summed E-state index contributed by atoms with van der Waals surface area (Å²) in [5, 5.41) is 4.22. The highest BCUT2D eigenvalue weighted by Crippen LogP contribution is 2.15. The van der Waals surface area contributed by atoms with Gasteiger partial charge < -0.3 is 14.3 Å². The molecule has 0 radical (unpaired) electrons. The van der Waals surface area contributed by atoms with Gasteiger partial charge >= 0.3 is 0 Å². The molecule has 0 atom stereocenters. The molecule has 0 heterocycles. The number of hydrogen-bond donors (Lipinski definition) is 0. The minimum atomic E-state index is -0.773. The van der Waals surface area contributed by atoms with Crippen LogP contribution < -0.4 is 0 Å². The van der Waals surface area contributed by atoms with Crippen LogP contribution in [-0.2, 0) is 14.3 Å². The minimum Gasteiger partial charge on any atom is -0.479 e. The molecule has 0 aliphatic carbocycles. The molecule has 1 aromatic carbocycles. The fourth-order valence-corrected chi connectivity index (χ4v) is 2.25. The number of nitrogens with zero attached hydrogens (tertiary/aromatic N) is 1. The van der Waals surface area contributed by atoms with Crippen molar-refractivity contribution in [2.75, 3.05) is 19.5 Å². The van der Waals surface area contributed by atoms with Crippen LogP contribution in [0.2, 0.25) is 0 Å². The van der Waals surface area contributed by atoms with Crippen molar-refractivity contribution >= 4 is 34.1 Å². The van der Waals surface area contributed by atoms with Crippen molar-refractivity contribution in [1.29, 1.82) is 0 Å². The quantitative estimate of drug-likeness (QED) is 0.329. The van der Waals surface area contributed by atoms with E-state index in [1.165, 1.54) is 11.8 Å². The van der Waals surface area contributed by atoms with E-state index in [1.807, 2.05) is 37.3 Å². The van der Waals surface area contributed by atoms with Crippen LogP contribution in [0, 0.1) is 0 Å². The topological polar surface area (TPSA) is 40.0 Å². The Morgan fingerprint density at radius 3 is 2.52 bits per heavy atom. The van der Waals surface area contributed by atoms with Crippen LogP contribution in [0.25, 0.3) is 0 Å². The van der Waals surface area contributed by atoms with E-state index in [1.54, 1.807) is 21.0 Å². The Bertz CT molecular complexity index is 475. The maximum Gasteiger partial charge on any atom is 0.230 e. The van der Waals surface area contributed by atoms with Gasteiger partial charge in [-0.05, 0) is 19.1 Å². The summed E-state index contributed by atoms with van der Waals surface area (Å²) >= 11 is 6.54. The summed E-state index contributed by atoms with van der Waals surface area (Å²) in [4.78, 5) is 5.46. The van der Waals surface area contributed by atoms with Crippen LogP contribution in [0.5, 0.6) is 0 Å². The number of oxime groups is 1. The van der Waals surface area contributed by atoms with Gasteiger partial charge in [0.15, 0.2) is 0 Å². The maximum atomic E-state index is 5.46. The molecule has 0 fully saturated rings. The molecule has 0 unspecified atom stereocenters. The van der Waals surface area contributed by atoms with Crippen molar-refractivity contribution in [3.63, 3.8) is 0 Å². The summed E-state index contributed by atoms with van der Waals surface area (Å²) in [5.74, 6) is -0.201. The van der Waals surface area contributed by atoms with Crippen LogP contribution >= 0.6 is 24.0 Å². The zero-order valence-corrected chi connectivity index (χ0v) is 14.4. The van der Waals surface area contributed by atoms with Gasteiger partial charge in [0.1, 0.15) is 0 Å². The molecule has 0 amide bonds. The summed E-state index contributed by atoms with van der Waals surface area (Å²) in [6, 6.07) is 9.83. The SMILES string of the molecule is CCOC(=S)SCC(=NOC(C)(C)OC)c1ccccc1. The average molecular weight is 327 g/mol. The fraction of sp³-hybridized carbons (Fsp3) is 0.467. The first-order chi connectivity index (χ1) is 9.98. The number of ether oxygens (including phenoxy) is 2. The van der Waals surface area contributed by atoms with Gasteiger partial charge in [-0.3, -0.25) is 0 Å². The molecule has 0 aliphatic rings. The highest BCUT2D eigenvalue weighted by molar-refractivity contribution is 8.23. The predicted octanol–water partition coefficient (Wildman–Crippen LogP) is 3.84. The average Bonchev–Trinajstić information content (AvgIpc) is 2.48. The first kappa shape index (κ1) is 17.9. The van der Waals surface area contributed by atoms with Crippen LogP contribution in [0.15, 0.2) is 35.5 Å². The van der Waals surface area contributed by atoms with Crippen molar-refractivity contribution in [1.82, 2.24) is 0 Å². The Kier molecular flexibility index (Phi) is 7.71. The van der Waals surface area contributed by atoms with Gasteiger partial charge in [0.25, 0.3) is 0 Å². The zero-order valence-electron chi connectivity index (χ0n) is 12.8. The molecule has 0 aliphatic heterocycles. The predicted molar refractivity (Wildman–Crippen MR) is 91.8 cm³/mol. The molecular formula is C15H21NO3S2. The molecule has 0 N–H and O–H groups in total. The Labute approximate surface area is 135 Å². The van der Waals surface area contributed by atoms with Crippen molar-refractivity contribution in [3.8, 4) is 0 Å². The first-order valence-corrected chi connectivity index (χ1v) is 8.03. The van der Waals surface area contributed by atoms with E-state index in [0.29, 0.717) is 16.7 Å². The fourth-order valence-electron chi connectivity index (χ4n) is 1.28. The van der Waals surface area contributed by atoms with E-state index >= 15 is 0 Å². The molecule has 6 heteroatoms. The first-order valence-electron chi connectivity index (χ1n) is 6.63. The van der Waals surface area contributed by atoms with Gasteiger partial charge in [0, 0.05) is 32.3 Å². The van der Waals surface area contributed by atoms with Crippen LogP contribution in [0.1, 0.15) is 26.3 Å². The molecule has 1 aromatic rings. The minimum absolute atomic E-state index is 0.507. The van der Waals surface area contributed by atoms with Crippen molar-refractivity contribution < 1.29 is 14.3 Å². The summed E-state index contributed by atoms with van der Waals surface area (Å²) in [6.07, 6.45) is 0. The lowest BCUT2D eigenvalue weighted by Crippen LogP contribution is -2.25. The Hall–Kier alpha value is -1.11. The van der Waals surface area contributed by atoms with E-state index in [0.717, 1.165) is 11.3 Å². The van der Waals surface area contributed by atoms with Gasteiger partial charge in [0.05, 0.1) is 12.3 Å². The smallest absolute Gasteiger partial charge is 0.230 e. The molecule has 0 saturated heterocycles. The maximum absolute atomic E-state index is 5.46. The van der Waals surface area contributed by atoms with Crippen LogP contribution in [0.3, 0.4) is 0 Å². The van der Waals surface area contributed by atoms with Gasteiger partial charge in [-0.25, -0.2) is 0 Å². The monoisotopic (exact) mass is 327 g/mol. The molecule has 0 aromatic heterocycles. The highest BCUT2D eigenvalue weighted by atomic mass is 32.2. The third-order valence-corrected chi connectivity index (χ3v) is 3.81. The number of hydrogen-bond acceptors (Lipinski definition) is 6. The largest absolute Gasteiger partial charge is 0.479 e. The molecule has 116 valence electrons. The van der Waals surface area contributed by atoms with Crippen LogP contribution in [0.4, 0.5) is 0 Å². The second kappa shape index (κ2) is 9.02. The van der Waals surface area contributed by atoms with Gasteiger partial charge in [-0.15, -0.1) is 0 Å². The molecule has 21 heavy (non-hydrogen) atoms. The Morgan fingerprint density at radius 2 is 1.95 bits per heavy atom. The van der Waals surface area contributed by atoms with E-state index in [9.17, 15) is 0 Å². The third kappa shape index (κ3) is 6.93. The third-order valence-electron chi connectivity index (χ3n) is 2.56. The molecular weight excluding hydrogens is 306 g/mol. The van der Waals surface area contributed by atoms with E-state index in [-0.39, 0.29) is 0 Å². The Balaban J connectivity index is 2.81. The second-order valence-electron chi connectivity index (χ2n) is 4.57. The molecule has 1 rings (SSSR count). The molecule has 0 saturated carbocycles. The highest BCUT2D eigenvalue weighted by Gasteiger charge is 2.18. The van der Waals surface area contributed by atoms with Gasteiger partial charge in [-0.2, -0.15) is 0 Å². The number of thioether (sulfide) groups is 1. The number of benzene rings is 1. The van der Waals surface area contributed by atoms with Crippen molar-refractivity contribution in [2.45, 2.75) is 26.6 Å². The summed E-state index contributed by atoms with van der Waals surface area (Å²) < 4.78 is 11.0. The van der Waals surface area contributed by atoms with Crippen molar-refractivity contribution in [2.24, 2.45) is 5.16 Å². The van der Waals surface area contributed by atoms with E-state index < -0.39 is 5.79 Å². The number of methoxy groups -OCH3 is 1. The van der Waals surface area contributed by atoms with E-state index in [2.05, 4.69) is 5.16 Å². The normalized spacial score (nSPS) is 12.1.